The molecule has 2 aromatic rings. The molecule has 0 spiro atoms. The zero-order valence-electron chi connectivity index (χ0n) is 17.0. The maximum atomic E-state index is 13.6. The van der Waals surface area contributed by atoms with Crippen molar-refractivity contribution in [1.29, 1.82) is 0 Å². The molecule has 1 aliphatic rings. The van der Waals surface area contributed by atoms with Crippen LogP contribution in [-0.4, -0.2) is 44.0 Å². The van der Waals surface area contributed by atoms with Gasteiger partial charge < -0.3 is 5.32 Å². The van der Waals surface area contributed by atoms with Gasteiger partial charge in [0.1, 0.15) is 5.82 Å². The summed E-state index contributed by atoms with van der Waals surface area (Å²) < 4.78 is 40.6. The van der Waals surface area contributed by atoms with E-state index in [1.807, 2.05) is 13.0 Å². The van der Waals surface area contributed by atoms with E-state index in [0.717, 1.165) is 5.56 Å². The van der Waals surface area contributed by atoms with Crippen LogP contribution >= 0.6 is 11.8 Å². The van der Waals surface area contributed by atoms with Gasteiger partial charge in [0.05, 0.1) is 4.90 Å². The summed E-state index contributed by atoms with van der Waals surface area (Å²) in [6.07, 6.45) is 1.03. The summed E-state index contributed by atoms with van der Waals surface area (Å²) >= 11 is 1.57. The number of nitrogens with zero attached hydrogens (tertiary/aromatic N) is 1. The number of carbonyl (C=O) groups excluding carboxylic acids is 1. The number of rotatable bonds is 8. The minimum Gasteiger partial charge on any atom is -0.355 e. The second-order valence-corrected chi connectivity index (χ2v) is 10.5. The third-order valence-electron chi connectivity index (χ3n) is 5.24. The molecule has 3 rings (SSSR count). The van der Waals surface area contributed by atoms with Gasteiger partial charge in [-0.05, 0) is 43.5 Å². The maximum absolute atomic E-state index is 13.6. The average Bonchev–Trinajstić information content (AvgIpc) is 2.75. The number of nitrogens with one attached hydrogen (secondary N) is 1. The molecule has 0 unspecified atom stereocenters. The minimum atomic E-state index is -3.51. The van der Waals surface area contributed by atoms with Crippen LogP contribution in [0.4, 0.5) is 4.39 Å². The van der Waals surface area contributed by atoms with Gasteiger partial charge in [0.15, 0.2) is 0 Å². The molecule has 8 heteroatoms. The van der Waals surface area contributed by atoms with Gasteiger partial charge in [0.25, 0.3) is 0 Å². The van der Waals surface area contributed by atoms with Gasteiger partial charge in [-0.25, -0.2) is 12.8 Å². The fraction of sp³-hybridized carbons (Fsp3) is 0.409. The van der Waals surface area contributed by atoms with Gasteiger partial charge >= 0.3 is 0 Å². The van der Waals surface area contributed by atoms with E-state index in [1.165, 1.54) is 10.4 Å². The number of hydrogen-bond donors (Lipinski definition) is 1. The summed E-state index contributed by atoms with van der Waals surface area (Å²) in [7, 11) is -3.51. The quantitative estimate of drug-likeness (QED) is 0.625. The Kier molecular flexibility index (Phi) is 7.91. The van der Waals surface area contributed by atoms with Crippen LogP contribution in [0.1, 0.15) is 24.0 Å². The minimum absolute atomic E-state index is 0.0334. The lowest BCUT2D eigenvalue weighted by Crippen LogP contribution is -2.43. The van der Waals surface area contributed by atoms with Crippen molar-refractivity contribution in [2.75, 3.05) is 25.4 Å². The van der Waals surface area contributed by atoms with Crippen LogP contribution in [0, 0.1) is 18.7 Å². The number of halogens is 1. The SMILES string of the molecule is Cc1ccc(S(=O)(=O)N2CCC(C(=O)NCCSCc3ccccc3F)CC2)cc1. The van der Waals surface area contributed by atoms with E-state index in [1.54, 1.807) is 48.2 Å². The Balaban J connectivity index is 1.40. The topological polar surface area (TPSA) is 66.5 Å². The molecule has 1 heterocycles. The van der Waals surface area contributed by atoms with E-state index < -0.39 is 10.0 Å². The predicted molar refractivity (Wildman–Crippen MR) is 118 cm³/mol. The van der Waals surface area contributed by atoms with Crippen LogP contribution in [0.25, 0.3) is 0 Å². The van der Waals surface area contributed by atoms with Crippen molar-refractivity contribution in [2.45, 2.75) is 30.4 Å². The molecule has 1 aliphatic heterocycles. The zero-order valence-corrected chi connectivity index (χ0v) is 18.6. The largest absolute Gasteiger partial charge is 0.355 e. The molecule has 1 N–H and O–H groups in total. The number of piperidine rings is 1. The molecule has 0 aliphatic carbocycles. The van der Waals surface area contributed by atoms with Crippen LogP contribution < -0.4 is 5.32 Å². The molecule has 5 nitrogen and oxygen atoms in total. The number of aryl methyl sites for hydroxylation is 1. The van der Waals surface area contributed by atoms with Crippen LogP contribution in [-0.2, 0) is 20.6 Å². The maximum Gasteiger partial charge on any atom is 0.243 e. The number of hydrogen-bond acceptors (Lipinski definition) is 4. The van der Waals surface area contributed by atoms with Crippen LogP contribution in [0.3, 0.4) is 0 Å². The summed E-state index contributed by atoms with van der Waals surface area (Å²) in [4.78, 5) is 12.7. The highest BCUT2D eigenvalue weighted by molar-refractivity contribution is 7.98. The highest BCUT2D eigenvalue weighted by Crippen LogP contribution is 2.24. The third-order valence-corrected chi connectivity index (χ3v) is 8.17. The summed E-state index contributed by atoms with van der Waals surface area (Å²) in [5.74, 6) is 0.847. The molecular formula is C22H27FN2O3S2. The first-order valence-electron chi connectivity index (χ1n) is 10.0. The molecule has 0 saturated carbocycles. The molecular weight excluding hydrogens is 423 g/mol. The monoisotopic (exact) mass is 450 g/mol. The van der Waals surface area contributed by atoms with Crippen LogP contribution in [0.15, 0.2) is 53.4 Å². The number of carbonyl (C=O) groups is 1. The van der Waals surface area contributed by atoms with Crippen molar-refractivity contribution >= 4 is 27.7 Å². The van der Waals surface area contributed by atoms with Crippen molar-refractivity contribution in [3.63, 3.8) is 0 Å². The number of thioether (sulfide) groups is 1. The molecule has 1 amide bonds. The fourth-order valence-electron chi connectivity index (χ4n) is 3.41. The Bertz CT molecular complexity index is 957. The fourth-order valence-corrected chi connectivity index (χ4v) is 5.72. The summed E-state index contributed by atoms with van der Waals surface area (Å²) in [5.41, 5.74) is 1.67. The van der Waals surface area contributed by atoms with E-state index >= 15 is 0 Å². The molecule has 0 radical (unpaired) electrons. The third kappa shape index (κ3) is 5.83. The standard InChI is InChI=1S/C22H27FN2O3S2/c1-17-6-8-20(9-7-17)30(27,28)25-13-10-18(11-14-25)22(26)24-12-15-29-16-19-4-2-3-5-21(19)23/h2-9,18H,10-16H2,1H3,(H,24,26). The zero-order chi connectivity index (χ0) is 21.6. The van der Waals surface area contributed by atoms with Gasteiger partial charge in [-0.15, -0.1) is 0 Å². The summed E-state index contributed by atoms with van der Waals surface area (Å²) in [6.45, 7) is 3.12. The Labute approximate surface area is 182 Å². The molecule has 0 aromatic heterocycles. The first-order valence-corrected chi connectivity index (χ1v) is 12.6. The molecule has 1 saturated heterocycles. The van der Waals surface area contributed by atoms with Crippen molar-refractivity contribution in [3.8, 4) is 0 Å². The number of sulfonamides is 1. The van der Waals surface area contributed by atoms with Crippen molar-refractivity contribution in [1.82, 2.24) is 9.62 Å². The van der Waals surface area contributed by atoms with E-state index in [9.17, 15) is 17.6 Å². The van der Waals surface area contributed by atoms with E-state index in [0.29, 0.717) is 54.4 Å². The first-order chi connectivity index (χ1) is 14.4. The summed E-state index contributed by atoms with van der Waals surface area (Å²) in [6, 6.07) is 13.5. The Hall–Kier alpha value is -1.90. The second kappa shape index (κ2) is 10.4. The average molecular weight is 451 g/mol. The summed E-state index contributed by atoms with van der Waals surface area (Å²) in [5, 5.41) is 2.92. The molecule has 30 heavy (non-hydrogen) atoms. The Morgan fingerprint density at radius 2 is 1.80 bits per heavy atom. The normalized spacial score (nSPS) is 15.8. The van der Waals surface area contributed by atoms with Crippen molar-refractivity contribution in [2.24, 2.45) is 5.92 Å². The molecule has 1 fully saturated rings. The van der Waals surface area contributed by atoms with Gasteiger partial charge in [0.2, 0.25) is 15.9 Å². The highest BCUT2D eigenvalue weighted by Gasteiger charge is 2.31. The number of amides is 1. The van der Waals surface area contributed by atoms with E-state index in [4.69, 9.17) is 0 Å². The van der Waals surface area contributed by atoms with Crippen molar-refractivity contribution in [3.05, 3.63) is 65.5 Å². The van der Waals surface area contributed by atoms with Crippen molar-refractivity contribution < 1.29 is 17.6 Å². The highest BCUT2D eigenvalue weighted by atomic mass is 32.2. The van der Waals surface area contributed by atoms with Gasteiger partial charge in [0, 0.05) is 37.1 Å². The first kappa shape index (κ1) is 22.8. The molecule has 162 valence electrons. The van der Waals surface area contributed by atoms with Gasteiger partial charge in [-0.1, -0.05) is 35.9 Å². The van der Waals surface area contributed by atoms with Crippen LogP contribution in [0.2, 0.25) is 0 Å². The molecule has 0 bridgehead atoms. The van der Waals surface area contributed by atoms with Gasteiger partial charge in [-0.2, -0.15) is 16.1 Å². The Morgan fingerprint density at radius 1 is 1.13 bits per heavy atom. The lowest BCUT2D eigenvalue weighted by molar-refractivity contribution is -0.125. The Morgan fingerprint density at radius 3 is 2.47 bits per heavy atom. The van der Waals surface area contributed by atoms with Gasteiger partial charge in [-0.3, -0.25) is 4.79 Å². The predicted octanol–water partition coefficient (Wildman–Crippen LogP) is 3.58. The van der Waals surface area contributed by atoms with Crippen LogP contribution in [0.5, 0.6) is 0 Å². The smallest absolute Gasteiger partial charge is 0.243 e. The second-order valence-electron chi connectivity index (χ2n) is 7.43. The lowest BCUT2D eigenvalue weighted by atomic mass is 9.97. The lowest BCUT2D eigenvalue weighted by Gasteiger charge is -2.30. The molecule has 0 atom stereocenters. The number of benzene rings is 2. The molecule has 2 aromatic carbocycles. The van der Waals surface area contributed by atoms with E-state index in [-0.39, 0.29) is 17.6 Å². The van der Waals surface area contributed by atoms with E-state index in [2.05, 4.69) is 5.32 Å².